The minimum atomic E-state index is 0.0199. The zero-order valence-corrected chi connectivity index (χ0v) is 8.05. The van der Waals surface area contributed by atoms with Crippen LogP contribution >= 0.6 is 0 Å². The molecule has 1 N–H and O–H groups in total. The topological polar surface area (TPSA) is 20.2 Å². The minimum Gasteiger partial charge on any atom is -0.393 e. The molecule has 70 valence electrons. The highest BCUT2D eigenvalue weighted by molar-refractivity contribution is 4.91. The molecule has 0 amide bonds. The Morgan fingerprint density at radius 3 is 2.17 bits per heavy atom. The average molecular weight is 168 g/mol. The highest BCUT2D eigenvalue weighted by Gasteiger charge is 2.39. The maximum atomic E-state index is 9.42. The molecular weight excluding hydrogens is 148 g/mol. The molecule has 1 spiro atoms. The van der Waals surface area contributed by atoms with E-state index in [1.165, 1.54) is 32.1 Å². The highest BCUT2D eigenvalue weighted by Crippen LogP contribution is 2.50. The van der Waals surface area contributed by atoms with E-state index in [9.17, 15) is 5.11 Å². The average Bonchev–Trinajstić information content (AvgIpc) is 2.40. The van der Waals surface area contributed by atoms with Crippen LogP contribution in [0.4, 0.5) is 0 Å². The molecule has 0 aromatic rings. The number of rotatable bonds is 0. The Kier molecular flexibility index (Phi) is 2.16. The first-order chi connectivity index (χ1) is 5.70. The van der Waals surface area contributed by atoms with Gasteiger partial charge in [0.1, 0.15) is 0 Å². The quantitative estimate of drug-likeness (QED) is 0.589. The van der Waals surface area contributed by atoms with Crippen molar-refractivity contribution in [2.24, 2.45) is 11.3 Å². The van der Waals surface area contributed by atoms with Crippen molar-refractivity contribution in [2.45, 2.75) is 58.0 Å². The van der Waals surface area contributed by atoms with Crippen molar-refractivity contribution in [3.05, 3.63) is 0 Å². The van der Waals surface area contributed by atoms with E-state index in [1.54, 1.807) is 0 Å². The Balaban J connectivity index is 1.95. The van der Waals surface area contributed by atoms with E-state index in [4.69, 9.17) is 0 Å². The molecule has 2 rings (SSSR count). The van der Waals surface area contributed by atoms with Gasteiger partial charge in [-0.25, -0.2) is 0 Å². The predicted molar refractivity (Wildman–Crippen MR) is 49.9 cm³/mol. The van der Waals surface area contributed by atoms with Crippen LogP contribution in [0.15, 0.2) is 0 Å². The zero-order valence-electron chi connectivity index (χ0n) is 8.05. The van der Waals surface area contributed by atoms with Crippen LogP contribution in [-0.4, -0.2) is 11.2 Å². The van der Waals surface area contributed by atoms with Gasteiger partial charge in [0.2, 0.25) is 0 Å². The van der Waals surface area contributed by atoms with Gasteiger partial charge in [0.05, 0.1) is 6.10 Å². The molecule has 2 aliphatic carbocycles. The monoisotopic (exact) mass is 168 g/mol. The van der Waals surface area contributed by atoms with Crippen LogP contribution in [0.5, 0.6) is 0 Å². The molecule has 0 aliphatic heterocycles. The molecule has 0 aromatic carbocycles. The van der Waals surface area contributed by atoms with E-state index < -0.39 is 0 Å². The Bertz CT molecular complexity index is 156. The number of aliphatic hydroxyl groups is 1. The second kappa shape index (κ2) is 3.02. The second-order valence-electron chi connectivity index (χ2n) is 5.08. The molecule has 12 heavy (non-hydrogen) atoms. The number of hydrogen-bond donors (Lipinski definition) is 1. The van der Waals surface area contributed by atoms with Crippen molar-refractivity contribution >= 4 is 0 Å². The van der Waals surface area contributed by atoms with Crippen molar-refractivity contribution < 1.29 is 5.11 Å². The third kappa shape index (κ3) is 1.52. The van der Waals surface area contributed by atoms with E-state index in [0.717, 1.165) is 18.8 Å². The smallest absolute Gasteiger partial charge is 0.0540 e. The summed E-state index contributed by atoms with van der Waals surface area (Å²) in [4.78, 5) is 0. The summed E-state index contributed by atoms with van der Waals surface area (Å²) >= 11 is 0. The van der Waals surface area contributed by atoms with E-state index in [1.807, 2.05) is 0 Å². The third-order valence-electron chi connectivity index (χ3n) is 3.96. The second-order valence-corrected chi connectivity index (χ2v) is 5.08. The summed E-state index contributed by atoms with van der Waals surface area (Å²) in [7, 11) is 0. The van der Waals surface area contributed by atoms with Crippen LogP contribution in [-0.2, 0) is 0 Å². The third-order valence-corrected chi connectivity index (χ3v) is 3.96. The van der Waals surface area contributed by atoms with Crippen molar-refractivity contribution in [1.82, 2.24) is 0 Å². The molecule has 2 aliphatic rings. The van der Waals surface area contributed by atoms with Crippen LogP contribution < -0.4 is 0 Å². The molecular formula is C11H20O. The molecule has 2 fully saturated rings. The number of hydrogen-bond acceptors (Lipinski definition) is 1. The van der Waals surface area contributed by atoms with Gasteiger partial charge in [-0.15, -0.1) is 0 Å². The lowest BCUT2D eigenvalue weighted by Crippen LogP contribution is -2.27. The molecule has 1 nitrogen and oxygen atoms in total. The fraction of sp³-hybridized carbons (Fsp3) is 1.00. The van der Waals surface area contributed by atoms with E-state index in [2.05, 4.69) is 6.92 Å². The Hall–Kier alpha value is -0.0400. The standard InChI is InChI=1S/C11H20O/c1-9-2-5-11(8-9)6-3-10(12)4-7-11/h9-10,12H,2-8H2,1H3. The van der Waals surface area contributed by atoms with E-state index in [-0.39, 0.29) is 6.10 Å². The molecule has 1 atom stereocenters. The summed E-state index contributed by atoms with van der Waals surface area (Å²) in [5.74, 6) is 0.945. The van der Waals surface area contributed by atoms with Crippen LogP contribution in [0.3, 0.4) is 0 Å². The van der Waals surface area contributed by atoms with Crippen LogP contribution in [0.2, 0.25) is 0 Å². The van der Waals surface area contributed by atoms with Gasteiger partial charge in [-0.2, -0.15) is 0 Å². The van der Waals surface area contributed by atoms with E-state index >= 15 is 0 Å². The van der Waals surface area contributed by atoms with Crippen molar-refractivity contribution in [1.29, 1.82) is 0 Å². The first-order valence-electron chi connectivity index (χ1n) is 5.38. The molecule has 0 saturated heterocycles. The van der Waals surface area contributed by atoms with Crippen LogP contribution in [0, 0.1) is 11.3 Å². The van der Waals surface area contributed by atoms with Gasteiger partial charge in [-0.3, -0.25) is 0 Å². The van der Waals surface area contributed by atoms with Gasteiger partial charge in [-0.05, 0) is 49.9 Å². The van der Waals surface area contributed by atoms with Crippen molar-refractivity contribution in [2.75, 3.05) is 0 Å². The molecule has 2 saturated carbocycles. The molecule has 0 radical (unpaired) electrons. The normalized spacial score (nSPS) is 48.5. The van der Waals surface area contributed by atoms with Gasteiger partial charge in [0.25, 0.3) is 0 Å². The van der Waals surface area contributed by atoms with Crippen molar-refractivity contribution in [3.8, 4) is 0 Å². The largest absolute Gasteiger partial charge is 0.393 e. The van der Waals surface area contributed by atoms with E-state index in [0.29, 0.717) is 5.41 Å². The minimum absolute atomic E-state index is 0.0199. The van der Waals surface area contributed by atoms with Crippen molar-refractivity contribution in [3.63, 3.8) is 0 Å². The lowest BCUT2D eigenvalue weighted by Gasteiger charge is -2.35. The molecule has 1 unspecified atom stereocenters. The number of aliphatic hydroxyl groups excluding tert-OH is 1. The molecule has 0 aromatic heterocycles. The lowest BCUT2D eigenvalue weighted by atomic mass is 9.72. The maximum absolute atomic E-state index is 9.42. The molecule has 0 bridgehead atoms. The SMILES string of the molecule is CC1CCC2(CCC(O)CC2)C1. The Morgan fingerprint density at radius 1 is 1.08 bits per heavy atom. The highest BCUT2D eigenvalue weighted by atomic mass is 16.3. The summed E-state index contributed by atoms with van der Waals surface area (Å²) in [6, 6.07) is 0. The van der Waals surface area contributed by atoms with Gasteiger partial charge in [-0.1, -0.05) is 13.3 Å². The summed E-state index contributed by atoms with van der Waals surface area (Å²) in [6.45, 7) is 2.37. The fourth-order valence-electron chi connectivity index (χ4n) is 3.16. The van der Waals surface area contributed by atoms with Crippen LogP contribution in [0.25, 0.3) is 0 Å². The Morgan fingerprint density at radius 2 is 1.67 bits per heavy atom. The van der Waals surface area contributed by atoms with Gasteiger partial charge in [0, 0.05) is 0 Å². The summed E-state index contributed by atoms with van der Waals surface area (Å²) in [6.07, 6.45) is 9.01. The maximum Gasteiger partial charge on any atom is 0.0540 e. The van der Waals surface area contributed by atoms with Gasteiger partial charge in [0.15, 0.2) is 0 Å². The fourth-order valence-corrected chi connectivity index (χ4v) is 3.16. The van der Waals surface area contributed by atoms with Crippen LogP contribution in [0.1, 0.15) is 51.9 Å². The summed E-state index contributed by atoms with van der Waals surface area (Å²) < 4.78 is 0. The first-order valence-corrected chi connectivity index (χ1v) is 5.38. The molecule has 0 heterocycles. The zero-order chi connectivity index (χ0) is 8.60. The van der Waals surface area contributed by atoms with Gasteiger partial charge < -0.3 is 5.11 Å². The summed E-state index contributed by atoms with van der Waals surface area (Å²) in [5.41, 5.74) is 0.665. The first kappa shape index (κ1) is 8.55. The molecule has 1 heteroatoms. The lowest BCUT2D eigenvalue weighted by molar-refractivity contribution is 0.0639. The summed E-state index contributed by atoms with van der Waals surface area (Å²) in [5, 5.41) is 9.42. The Labute approximate surface area is 75.2 Å². The van der Waals surface area contributed by atoms with Gasteiger partial charge >= 0.3 is 0 Å². The predicted octanol–water partition coefficient (Wildman–Crippen LogP) is 2.73.